The van der Waals surface area contributed by atoms with Crippen LogP contribution in [-0.4, -0.2) is 23.4 Å². The minimum absolute atomic E-state index is 0.213. The molecule has 2 N–H and O–H groups in total. The molecule has 0 spiro atoms. The zero-order valence-corrected chi connectivity index (χ0v) is 12.1. The highest BCUT2D eigenvalue weighted by Crippen LogP contribution is 2.35. The molecule has 1 saturated heterocycles. The third-order valence-electron chi connectivity index (χ3n) is 4.94. The second-order valence-electron chi connectivity index (χ2n) is 6.15. The smallest absolute Gasteiger partial charge is 0.254 e. The summed E-state index contributed by atoms with van der Waals surface area (Å²) in [5, 5.41) is 0. The van der Waals surface area contributed by atoms with Gasteiger partial charge in [-0.05, 0) is 49.3 Å². The largest absolute Gasteiger partial charge is 0.335 e. The number of nitrogens with zero attached hydrogens (tertiary/aromatic N) is 1. The van der Waals surface area contributed by atoms with Crippen molar-refractivity contribution in [3.63, 3.8) is 0 Å². The second kappa shape index (κ2) is 5.96. The van der Waals surface area contributed by atoms with Crippen LogP contribution in [0, 0.1) is 5.92 Å². The first kappa shape index (κ1) is 13.6. The molecule has 1 heterocycles. The predicted octanol–water partition coefficient (Wildman–Crippen LogP) is 2.94. The third kappa shape index (κ3) is 2.59. The molecule has 1 saturated carbocycles. The maximum Gasteiger partial charge on any atom is 0.254 e. The number of carbonyl (C=O) groups excluding carboxylic acids is 1. The van der Waals surface area contributed by atoms with Crippen LogP contribution in [-0.2, 0) is 6.54 Å². The van der Waals surface area contributed by atoms with E-state index in [4.69, 9.17) is 5.73 Å². The molecule has 0 radical (unpaired) electrons. The van der Waals surface area contributed by atoms with Gasteiger partial charge < -0.3 is 10.6 Å². The molecule has 1 aliphatic carbocycles. The van der Waals surface area contributed by atoms with Gasteiger partial charge in [-0.2, -0.15) is 0 Å². The predicted molar refractivity (Wildman–Crippen MR) is 80.3 cm³/mol. The Morgan fingerprint density at radius 3 is 2.55 bits per heavy atom. The summed E-state index contributed by atoms with van der Waals surface area (Å²) in [5.74, 6) is 0.954. The number of piperidine rings is 1. The van der Waals surface area contributed by atoms with Crippen LogP contribution >= 0.6 is 0 Å². The van der Waals surface area contributed by atoms with Crippen molar-refractivity contribution in [2.24, 2.45) is 11.7 Å². The minimum atomic E-state index is 0.213. The topological polar surface area (TPSA) is 46.3 Å². The van der Waals surface area contributed by atoms with E-state index in [9.17, 15) is 4.79 Å². The molecule has 0 unspecified atom stereocenters. The van der Waals surface area contributed by atoms with Crippen molar-refractivity contribution in [2.45, 2.75) is 51.1 Å². The molecule has 3 heteroatoms. The van der Waals surface area contributed by atoms with Gasteiger partial charge in [0.05, 0.1) is 0 Å². The fourth-order valence-corrected chi connectivity index (χ4v) is 3.83. The lowest BCUT2D eigenvalue weighted by Gasteiger charge is -2.44. The lowest BCUT2D eigenvalue weighted by molar-refractivity contribution is 0.0390. The monoisotopic (exact) mass is 272 g/mol. The van der Waals surface area contributed by atoms with Crippen LogP contribution in [0.5, 0.6) is 0 Å². The van der Waals surface area contributed by atoms with Gasteiger partial charge in [-0.3, -0.25) is 4.79 Å². The molecular formula is C17H24N2O. The van der Waals surface area contributed by atoms with E-state index in [1.807, 2.05) is 24.3 Å². The summed E-state index contributed by atoms with van der Waals surface area (Å²) in [6.45, 7) is 1.46. The molecule has 1 amide bonds. The summed E-state index contributed by atoms with van der Waals surface area (Å²) >= 11 is 0. The number of amides is 1. The molecule has 20 heavy (non-hydrogen) atoms. The van der Waals surface area contributed by atoms with Crippen LogP contribution < -0.4 is 5.73 Å². The van der Waals surface area contributed by atoms with E-state index in [1.165, 1.54) is 32.1 Å². The van der Waals surface area contributed by atoms with E-state index in [0.29, 0.717) is 12.6 Å². The van der Waals surface area contributed by atoms with Crippen molar-refractivity contribution in [3.05, 3.63) is 35.4 Å². The molecule has 2 atom stereocenters. The molecule has 2 fully saturated rings. The number of hydrogen-bond acceptors (Lipinski definition) is 2. The zero-order valence-electron chi connectivity index (χ0n) is 12.1. The lowest BCUT2D eigenvalue weighted by atomic mass is 9.78. The van der Waals surface area contributed by atoms with Crippen LogP contribution in [0.25, 0.3) is 0 Å². The van der Waals surface area contributed by atoms with Crippen LogP contribution in [0.4, 0.5) is 0 Å². The Morgan fingerprint density at radius 2 is 1.80 bits per heavy atom. The summed E-state index contributed by atoms with van der Waals surface area (Å²) in [5.41, 5.74) is 7.50. The molecule has 3 rings (SSSR count). The highest BCUT2D eigenvalue weighted by molar-refractivity contribution is 5.94. The van der Waals surface area contributed by atoms with Gasteiger partial charge >= 0.3 is 0 Å². The van der Waals surface area contributed by atoms with Gasteiger partial charge in [0.2, 0.25) is 0 Å². The lowest BCUT2D eigenvalue weighted by Crippen LogP contribution is -2.49. The Kier molecular flexibility index (Phi) is 4.06. The Morgan fingerprint density at radius 1 is 1.10 bits per heavy atom. The quantitative estimate of drug-likeness (QED) is 0.899. The van der Waals surface area contributed by atoms with Crippen LogP contribution in [0.2, 0.25) is 0 Å². The van der Waals surface area contributed by atoms with E-state index in [0.717, 1.165) is 30.0 Å². The first-order valence-corrected chi connectivity index (χ1v) is 7.89. The molecule has 2 aliphatic rings. The molecule has 1 aromatic carbocycles. The van der Waals surface area contributed by atoms with Crippen LogP contribution in [0.3, 0.4) is 0 Å². The summed E-state index contributed by atoms with van der Waals surface area (Å²) in [4.78, 5) is 14.9. The zero-order chi connectivity index (χ0) is 13.9. The number of benzene rings is 1. The van der Waals surface area contributed by atoms with Crippen molar-refractivity contribution >= 4 is 5.91 Å². The average molecular weight is 272 g/mol. The maximum atomic E-state index is 12.7. The second-order valence-corrected chi connectivity index (χ2v) is 6.15. The van der Waals surface area contributed by atoms with Gasteiger partial charge in [0.15, 0.2) is 0 Å². The van der Waals surface area contributed by atoms with E-state index in [-0.39, 0.29) is 5.91 Å². The van der Waals surface area contributed by atoms with Crippen molar-refractivity contribution in [1.82, 2.24) is 4.90 Å². The van der Waals surface area contributed by atoms with E-state index in [2.05, 4.69) is 4.90 Å². The Bertz CT molecular complexity index is 466. The first-order chi connectivity index (χ1) is 9.79. The van der Waals surface area contributed by atoms with Crippen LogP contribution in [0.1, 0.15) is 54.4 Å². The number of nitrogens with two attached hydrogens (primary N) is 1. The molecular weight excluding hydrogens is 248 g/mol. The van der Waals surface area contributed by atoms with Gasteiger partial charge in [-0.25, -0.2) is 0 Å². The SMILES string of the molecule is NCc1ccc(C(=O)N2CCC[C@H]3CCCC[C@H]32)cc1. The molecule has 1 aliphatic heterocycles. The van der Waals surface area contributed by atoms with Crippen molar-refractivity contribution in [2.75, 3.05) is 6.54 Å². The molecule has 0 bridgehead atoms. The van der Waals surface area contributed by atoms with E-state index >= 15 is 0 Å². The van der Waals surface area contributed by atoms with E-state index in [1.54, 1.807) is 0 Å². The Labute approximate surface area is 121 Å². The summed E-state index contributed by atoms with van der Waals surface area (Å²) in [7, 11) is 0. The minimum Gasteiger partial charge on any atom is -0.335 e. The number of likely N-dealkylation sites (tertiary alicyclic amines) is 1. The van der Waals surface area contributed by atoms with Gasteiger partial charge in [-0.1, -0.05) is 25.0 Å². The van der Waals surface area contributed by atoms with Crippen molar-refractivity contribution in [1.29, 1.82) is 0 Å². The number of fused-ring (bicyclic) bond motifs is 1. The van der Waals surface area contributed by atoms with Crippen LogP contribution in [0.15, 0.2) is 24.3 Å². The van der Waals surface area contributed by atoms with Gasteiger partial charge in [0.25, 0.3) is 5.91 Å². The summed E-state index contributed by atoms with van der Waals surface area (Å²) in [6, 6.07) is 8.28. The van der Waals surface area contributed by atoms with E-state index < -0.39 is 0 Å². The highest BCUT2D eigenvalue weighted by atomic mass is 16.2. The fraction of sp³-hybridized carbons (Fsp3) is 0.588. The number of carbonyl (C=O) groups is 1. The summed E-state index contributed by atoms with van der Waals surface area (Å²) in [6.07, 6.45) is 7.58. The summed E-state index contributed by atoms with van der Waals surface area (Å²) < 4.78 is 0. The average Bonchev–Trinajstić information content (AvgIpc) is 2.54. The third-order valence-corrected chi connectivity index (χ3v) is 4.94. The Balaban J connectivity index is 1.77. The van der Waals surface area contributed by atoms with Crippen molar-refractivity contribution < 1.29 is 4.79 Å². The standard InChI is InChI=1S/C17H24N2O/c18-12-13-7-9-15(10-8-13)17(20)19-11-3-5-14-4-1-2-6-16(14)19/h7-10,14,16H,1-6,11-12,18H2/t14-,16-/m1/s1. The van der Waals surface area contributed by atoms with Crippen molar-refractivity contribution in [3.8, 4) is 0 Å². The number of rotatable bonds is 2. The van der Waals surface area contributed by atoms with Gasteiger partial charge in [-0.15, -0.1) is 0 Å². The Hall–Kier alpha value is -1.35. The molecule has 3 nitrogen and oxygen atoms in total. The fourth-order valence-electron chi connectivity index (χ4n) is 3.83. The van der Waals surface area contributed by atoms with Gasteiger partial charge in [0, 0.05) is 24.7 Å². The first-order valence-electron chi connectivity index (χ1n) is 7.89. The normalized spacial score (nSPS) is 26.1. The van der Waals surface area contributed by atoms with Gasteiger partial charge in [0.1, 0.15) is 0 Å². The molecule has 1 aromatic rings. The molecule has 108 valence electrons. The number of hydrogen-bond donors (Lipinski definition) is 1. The molecule has 0 aromatic heterocycles. The highest BCUT2D eigenvalue weighted by Gasteiger charge is 2.35. The maximum absolute atomic E-state index is 12.7.